The van der Waals surface area contributed by atoms with Crippen molar-refractivity contribution in [1.29, 1.82) is 0 Å². The second-order valence-electron chi connectivity index (χ2n) is 4.27. The van der Waals surface area contributed by atoms with Crippen molar-refractivity contribution in [3.63, 3.8) is 0 Å². The summed E-state index contributed by atoms with van der Waals surface area (Å²) in [5.41, 5.74) is 0. The first-order valence-electron chi connectivity index (χ1n) is 5.03. The maximum absolute atomic E-state index is 11.3. The van der Waals surface area contributed by atoms with E-state index in [1.54, 1.807) is 13.8 Å². The van der Waals surface area contributed by atoms with Crippen molar-refractivity contribution in [1.82, 2.24) is 5.32 Å². The van der Waals surface area contributed by atoms with Gasteiger partial charge < -0.3 is 10.4 Å². The molecule has 1 saturated carbocycles. The van der Waals surface area contributed by atoms with E-state index in [9.17, 15) is 9.59 Å². The lowest BCUT2D eigenvalue weighted by atomic mass is 10.0. The van der Waals surface area contributed by atoms with Crippen LogP contribution in [0.25, 0.3) is 0 Å². The van der Waals surface area contributed by atoms with E-state index in [0.29, 0.717) is 12.3 Å². The van der Waals surface area contributed by atoms with Gasteiger partial charge in [-0.2, -0.15) is 0 Å². The molecule has 0 spiro atoms. The molecule has 80 valence electrons. The summed E-state index contributed by atoms with van der Waals surface area (Å²) in [6.45, 7) is 3.58. The molecule has 1 aliphatic carbocycles. The van der Waals surface area contributed by atoms with Crippen LogP contribution in [-0.4, -0.2) is 23.0 Å². The molecule has 0 aliphatic heterocycles. The number of nitrogens with one attached hydrogen (secondary N) is 1. The fourth-order valence-electron chi connectivity index (χ4n) is 1.33. The normalized spacial score (nSPS) is 17.9. The summed E-state index contributed by atoms with van der Waals surface area (Å²) in [5.74, 6) is -0.662. The van der Waals surface area contributed by atoms with E-state index in [0.717, 1.165) is 12.8 Å². The second-order valence-corrected chi connectivity index (χ2v) is 4.27. The highest BCUT2D eigenvalue weighted by Gasteiger charge is 2.28. The Morgan fingerprint density at radius 3 is 2.36 bits per heavy atom. The average Bonchev–Trinajstić information content (AvgIpc) is 2.82. The van der Waals surface area contributed by atoms with E-state index >= 15 is 0 Å². The third kappa shape index (κ3) is 3.36. The third-order valence-electron chi connectivity index (χ3n) is 2.42. The van der Waals surface area contributed by atoms with Crippen LogP contribution in [0, 0.1) is 11.8 Å². The number of carbonyl (C=O) groups excluding carboxylic acids is 1. The van der Waals surface area contributed by atoms with Crippen LogP contribution in [0.3, 0.4) is 0 Å². The summed E-state index contributed by atoms with van der Waals surface area (Å²) >= 11 is 0. The Bertz CT molecular complexity index is 234. The third-order valence-corrected chi connectivity index (χ3v) is 2.42. The fraction of sp³-hybridized carbons (Fsp3) is 0.800. The predicted octanol–water partition coefficient (Wildman–Crippen LogP) is 1.01. The average molecular weight is 199 g/mol. The maximum Gasteiger partial charge on any atom is 0.326 e. The number of carbonyl (C=O) groups is 2. The monoisotopic (exact) mass is 199 g/mol. The van der Waals surface area contributed by atoms with E-state index in [2.05, 4.69) is 5.32 Å². The molecule has 1 amide bonds. The van der Waals surface area contributed by atoms with Gasteiger partial charge in [0.2, 0.25) is 5.91 Å². The molecule has 0 heterocycles. The highest BCUT2D eigenvalue weighted by atomic mass is 16.4. The van der Waals surface area contributed by atoms with Gasteiger partial charge in [0.15, 0.2) is 0 Å². The Hall–Kier alpha value is -1.06. The molecule has 0 saturated heterocycles. The number of hydrogen-bond donors (Lipinski definition) is 2. The zero-order valence-corrected chi connectivity index (χ0v) is 8.62. The SMILES string of the molecule is CC(C)[C@@H](NC(=O)CC1CC1)C(=O)O. The number of aliphatic carboxylic acids is 1. The van der Waals surface area contributed by atoms with Gasteiger partial charge in [0.1, 0.15) is 6.04 Å². The lowest BCUT2D eigenvalue weighted by Crippen LogP contribution is -2.44. The Morgan fingerprint density at radius 1 is 1.43 bits per heavy atom. The minimum Gasteiger partial charge on any atom is -0.480 e. The Balaban J connectivity index is 2.37. The standard InChI is InChI=1S/C10H17NO3/c1-6(2)9(10(13)14)11-8(12)5-7-3-4-7/h6-7,9H,3-5H2,1-2H3,(H,11,12)(H,13,14)/t9-/m1/s1. The Kier molecular flexibility index (Phi) is 3.49. The van der Waals surface area contributed by atoms with Gasteiger partial charge in [-0.05, 0) is 24.7 Å². The van der Waals surface area contributed by atoms with Crippen molar-refractivity contribution in [3.8, 4) is 0 Å². The smallest absolute Gasteiger partial charge is 0.326 e. The first kappa shape index (κ1) is 11.0. The molecule has 0 aromatic heterocycles. The molecular formula is C10H17NO3. The molecule has 0 aromatic rings. The molecule has 0 bridgehead atoms. The van der Waals surface area contributed by atoms with Crippen molar-refractivity contribution in [2.24, 2.45) is 11.8 Å². The molecule has 1 atom stereocenters. The van der Waals surface area contributed by atoms with E-state index in [1.165, 1.54) is 0 Å². The van der Waals surface area contributed by atoms with Gasteiger partial charge in [0.25, 0.3) is 0 Å². The Morgan fingerprint density at radius 2 is 2.00 bits per heavy atom. The first-order chi connectivity index (χ1) is 6.50. The van der Waals surface area contributed by atoms with Crippen LogP contribution in [-0.2, 0) is 9.59 Å². The van der Waals surface area contributed by atoms with E-state index in [1.807, 2.05) is 0 Å². The highest BCUT2D eigenvalue weighted by molar-refractivity contribution is 5.83. The number of carboxylic acid groups (broad SMARTS) is 1. The second kappa shape index (κ2) is 4.44. The minimum atomic E-state index is -0.954. The van der Waals surface area contributed by atoms with Gasteiger partial charge in [-0.25, -0.2) is 4.79 Å². The van der Waals surface area contributed by atoms with Crippen molar-refractivity contribution < 1.29 is 14.7 Å². The van der Waals surface area contributed by atoms with Crippen molar-refractivity contribution in [3.05, 3.63) is 0 Å². The van der Waals surface area contributed by atoms with Gasteiger partial charge in [0.05, 0.1) is 0 Å². The molecule has 4 nitrogen and oxygen atoms in total. The Labute approximate surface area is 83.7 Å². The van der Waals surface area contributed by atoms with Crippen molar-refractivity contribution in [2.75, 3.05) is 0 Å². The highest BCUT2D eigenvalue weighted by Crippen LogP contribution is 2.32. The summed E-state index contributed by atoms with van der Waals surface area (Å²) in [4.78, 5) is 22.1. The molecule has 14 heavy (non-hydrogen) atoms. The summed E-state index contributed by atoms with van der Waals surface area (Å²) in [6.07, 6.45) is 2.69. The van der Waals surface area contributed by atoms with Crippen LogP contribution in [0.2, 0.25) is 0 Å². The number of carboxylic acids is 1. The number of rotatable bonds is 5. The molecule has 2 N–H and O–H groups in total. The molecular weight excluding hydrogens is 182 g/mol. The summed E-state index contributed by atoms with van der Waals surface area (Å²) in [6, 6.07) is -0.749. The molecule has 4 heteroatoms. The van der Waals surface area contributed by atoms with E-state index < -0.39 is 12.0 Å². The van der Waals surface area contributed by atoms with Crippen LogP contribution in [0.5, 0.6) is 0 Å². The van der Waals surface area contributed by atoms with Crippen LogP contribution in [0.4, 0.5) is 0 Å². The van der Waals surface area contributed by atoms with Crippen LogP contribution in [0.1, 0.15) is 33.1 Å². The van der Waals surface area contributed by atoms with E-state index in [-0.39, 0.29) is 11.8 Å². The topological polar surface area (TPSA) is 66.4 Å². The lowest BCUT2D eigenvalue weighted by Gasteiger charge is -2.17. The van der Waals surface area contributed by atoms with Crippen LogP contribution >= 0.6 is 0 Å². The molecule has 0 unspecified atom stereocenters. The number of hydrogen-bond acceptors (Lipinski definition) is 2. The summed E-state index contributed by atoms with van der Waals surface area (Å²) in [5, 5.41) is 11.4. The first-order valence-corrected chi connectivity index (χ1v) is 5.03. The van der Waals surface area contributed by atoms with Gasteiger partial charge in [-0.3, -0.25) is 4.79 Å². The molecule has 1 fully saturated rings. The van der Waals surface area contributed by atoms with Crippen LogP contribution < -0.4 is 5.32 Å². The van der Waals surface area contributed by atoms with Gasteiger partial charge in [-0.1, -0.05) is 13.8 Å². The molecule has 1 rings (SSSR count). The number of amides is 1. The molecule has 0 aromatic carbocycles. The van der Waals surface area contributed by atoms with Crippen molar-refractivity contribution >= 4 is 11.9 Å². The molecule has 0 radical (unpaired) electrons. The van der Waals surface area contributed by atoms with Crippen molar-refractivity contribution in [2.45, 2.75) is 39.2 Å². The lowest BCUT2D eigenvalue weighted by molar-refractivity contribution is -0.143. The van der Waals surface area contributed by atoms with Gasteiger partial charge in [0, 0.05) is 6.42 Å². The van der Waals surface area contributed by atoms with E-state index in [4.69, 9.17) is 5.11 Å². The zero-order valence-electron chi connectivity index (χ0n) is 8.62. The van der Waals surface area contributed by atoms with Gasteiger partial charge in [-0.15, -0.1) is 0 Å². The molecule has 1 aliphatic rings. The van der Waals surface area contributed by atoms with Gasteiger partial charge >= 0.3 is 5.97 Å². The fourth-order valence-corrected chi connectivity index (χ4v) is 1.33. The van der Waals surface area contributed by atoms with Crippen LogP contribution in [0.15, 0.2) is 0 Å². The minimum absolute atomic E-state index is 0.0735. The largest absolute Gasteiger partial charge is 0.480 e. The maximum atomic E-state index is 11.3. The quantitative estimate of drug-likeness (QED) is 0.694. The zero-order chi connectivity index (χ0) is 10.7. The summed E-state index contributed by atoms with van der Waals surface area (Å²) in [7, 11) is 0. The summed E-state index contributed by atoms with van der Waals surface area (Å²) < 4.78 is 0. The predicted molar refractivity (Wildman–Crippen MR) is 51.7 cm³/mol.